The third-order valence-corrected chi connectivity index (χ3v) is 3.59. The van der Waals surface area contributed by atoms with E-state index in [1.54, 1.807) is 23.0 Å². The molecule has 4 nitrogen and oxygen atoms in total. The molecular formula is C18H13N3OZn. The number of phenols is 1. The maximum atomic E-state index is 10.2. The molecule has 0 radical (unpaired) electrons. The van der Waals surface area contributed by atoms with Gasteiger partial charge in [-0.1, -0.05) is 42.5 Å². The molecule has 0 spiro atoms. The van der Waals surface area contributed by atoms with E-state index in [-0.39, 0.29) is 25.2 Å². The molecule has 108 valence electrons. The van der Waals surface area contributed by atoms with Crippen molar-refractivity contribution in [3.8, 4) is 22.7 Å². The van der Waals surface area contributed by atoms with Crippen LogP contribution in [0.2, 0.25) is 0 Å². The van der Waals surface area contributed by atoms with Crippen LogP contribution in [0.3, 0.4) is 0 Å². The molecule has 0 saturated carbocycles. The summed E-state index contributed by atoms with van der Waals surface area (Å²) in [5.41, 5.74) is 4.13. The summed E-state index contributed by atoms with van der Waals surface area (Å²) < 4.78 is 1.75. The molecule has 4 rings (SSSR count). The smallest absolute Gasteiger partial charge is 0.141 e. The molecule has 0 amide bonds. The minimum Gasteiger partial charge on any atom is -0.506 e. The SMILES string of the molecule is Oc1ccccc1-n1nc2cccnc2c1-c1ccccc1.[Zn]. The predicted octanol–water partition coefficient (Wildman–Crippen LogP) is 3.79. The van der Waals surface area contributed by atoms with E-state index in [1.165, 1.54) is 0 Å². The molecule has 0 aliphatic carbocycles. The van der Waals surface area contributed by atoms with Gasteiger partial charge in [0.1, 0.15) is 28.2 Å². The van der Waals surface area contributed by atoms with Crippen LogP contribution in [0.15, 0.2) is 72.9 Å². The van der Waals surface area contributed by atoms with E-state index in [1.807, 2.05) is 54.6 Å². The van der Waals surface area contributed by atoms with E-state index in [0.29, 0.717) is 5.69 Å². The number of pyridine rings is 1. The third-order valence-electron chi connectivity index (χ3n) is 3.59. The number of para-hydroxylation sites is 2. The fraction of sp³-hybridized carbons (Fsp3) is 0. The van der Waals surface area contributed by atoms with Crippen molar-refractivity contribution >= 4 is 11.0 Å². The van der Waals surface area contributed by atoms with Crippen LogP contribution >= 0.6 is 0 Å². The molecule has 2 aromatic heterocycles. The molecule has 5 heteroatoms. The third kappa shape index (κ3) is 2.64. The van der Waals surface area contributed by atoms with Crippen molar-refractivity contribution < 1.29 is 24.6 Å². The van der Waals surface area contributed by atoms with Gasteiger partial charge in [0.05, 0.1) is 0 Å². The first-order chi connectivity index (χ1) is 10.8. The fourth-order valence-electron chi connectivity index (χ4n) is 2.59. The number of hydrogen-bond acceptors (Lipinski definition) is 3. The number of rotatable bonds is 2. The van der Waals surface area contributed by atoms with Crippen molar-refractivity contribution in [1.82, 2.24) is 14.8 Å². The van der Waals surface area contributed by atoms with Crippen molar-refractivity contribution in [2.24, 2.45) is 0 Å². The number of fused-ring (bicyclic) bond motifs is 1. The van der Waals surface area contributed by atoms with E-state index < -0.39 is 0 Å². The predicted molar refractivity (Wildman–Crippen MR) is 86.0 cm³/mol. The first kappa shape index (κ1) is 15.4. The van der Waals surface area contributed by atoms with Gasteiger partial charge in [0.15, 0.2) is 0 Å². The second-order valence-corrected chi connectivity index (χ2v) is 4.99. The van der Waals surface area contributed by atoms with Gasteiger partial charge in [0.2, 0.25) is 0 Å². The van der Waals surface area contributed by atoms with Gasteiger partial charge >= 0.3 is 0 Å². The van der Waals surface area contributed by atoms with Crippen LogP contribution in [0.25, 0.3) is 28.0 Å². The van der Waals surface area contributed by atoms with Gasteiger partial charge < -0.3 is 5.11 Å². The Morgan fingerprint density at radius 2 is 1.57 bits per heavy atom. The van der Waals surface area contributed by atoms with Crippen molar-refractivity contribution in [2.75, 3.05) is 0 Å². The van der Waals surface area contributed by atoms with Crippen molar-refractivity contribution in [3.63, 3.8) is 0 Å². The minimum absolute atomic E-state index is 0. The summed E-state index contributed by atoms with van der Waals surface area (Å²) in [5, 5.41) is 14.8. The average molecular weight is 353 g/mol. The van der Waals surface area contributed by atoms with Crippen LogP contribution in [0.4, 0.5) is 0 Å². The Morgan fingerprint density at radius 3 is 2.35 bits per heavy atom. The Balaban J connectivity index is 0.00000156. The molecule has 0 fully saturated rings. The number of benzene rings is 2. The number of phenolic OH excluding ortho intramolecular Hbond substituents is 1. The molecule has 0 aliphatic heterocycles. The van der Waals surface area contributed by atoms with Gasteiger partial charge in [0, 0.05) is 31.2 Å². The molecule has 2 aromatic carbocycles. The molecule has 1 N–H and O–H groups in total. The molecular weight excluding hydrogens is 340 g/mol. The quantitative estimate of drug-likeness (QED) is 0.558. The average Bonchev–Trinajstić information content (AvgIpc) is 2.95. The van der Waals surface area contributed by atoms with E-state index in [0.717, 1.165) is 22.3 Å². The topological polar surface area (TPSA) is 50.9 Å². The van der Waals surface area contributed by atoms with Crippen molar-refractivity contribution in [1.29, 1.82) is 0 Å². The molecule has 0 unspecified atom stereocenters. The van der Waals surface area contributed by atoms with Gasteiger partial charge in [-0.05, 0) is 24.3 Å². The van der Waals surface area contributed by atoms with Crippen molar-refractivity contribution in [2.45, 2.75) is 0 Å². The second kappa shape index (κ2) is 6.31. The summed E-state index contributed by atoms with van der Waals surface area (Å²) >= 11 is 0. The molecule has 4 aromatic rings. The Hall–Kier alpha value is -2.52. The van der Waals surface area contributed by atoms with Crippen LogP contribution in [0.5, 0.6) is 5.75 Å². The second-order valence-electron chi connectivity index (χ2n) is 4.99. The Labute approximate surface area is 146 Å². The van der Waals surface area contributed by atoms with Gasteiger partial charge in [-0.2, -0.15) is 5.10 Å². The normalized spacial score (nSPS) is 10.4. The van der Waals surface area contributed by atoms with Crippen LogP contribution in [-0.4, -0.2) is 19.9 Å². The van der Waals surface area contributed by atoms with E-state index >= 15 is 0 Å². The van der Waals surface area contributed by atoms with Crippen LogP contribution in [0, 0.1) is 0 Å². The molecule has 23 heavy (non-hydrogen) atoms. The summed E-state index contributed by atoms with van der Waals surface area (Å²) in [7, 11) is 0. The van der Waals surface area contributed by atoms with Gasteiger partial charge in [-0.15, -0.1) is 0 Å². The van der Waals surface area contributed by atoms with Gasteiger partial charge in [0.25, 0.3) is 0 Å². The Bertz CT molecular complexity index is 951. The molecule has 0 saturated heterocycles. The number of aromatic nitrogens is 3. The van der Waals surface area contributed by atoms with Crippen molar-refractivity contribution in [3.05, 3.63) is 72.9 Å². The zero-order valence-corrected chi connectivity index (χ0v) is 15.4. The van der Waals surface area contributed by atoms with Crippen LogP contribution < -0.4 is 0 Å². The number of hydrogen-bond donors (Lipinski definition) is 1. The number of aromatic hydroxyl groups is 1. The van der Waals surface area contributed by atoms with E-state index in [9.17, 15) is 5.11 Å². The van der Waals surface area contributed by atoms with E-state index in [2.05, 4.69) is 10.1 Å². The Kier molecular flexibility index (Phi) is 4.22. The summed E-state index contributed by atoms with van der Waals surface area (Å²) in [6, 6.07) is 20.9. The fourth-order valence-corrected chi connectivity index (χ4v) is 2.59. The summed E-state index contributed by atoms with van der Waals surface area (Å²) in [4.78, 5) is 4.47. The number of nitrogens with zero attached hydrogens (tertiary/aromatic N) is 3. The maximum absolute atomic E-state index is 10.2. The summed E-state index contributed by atoms with van der Waals surface area (Å²) in [6.45, 7) is 0. The molecule has 0 bridgehead atoms. The minimum atomic E-state index is 0. The van der Waals surface area contributed by atoms with E-state index in [4.69, 9.17) is 0 Å². The largest absolute Gasteiger partial charge is 0.506 e. The molecule has 2 heterocycles. The standard InChI is InChI=1S/C18H13N3O.Zn/c22-16-11-5-4-10-15(16)21-18(13-7-2-1-3-8-13)17-14(20-21)9-6-12-19-17;/h1-12,22H;. The summed E-state index contributed by atoms with van der Waals surface area (Å²) in [6.07, 6.45) is 1.76. The van der Waals surface area contributed by atoms with Gasteiger partial charge in [-0.3, -0.25) is 4.98 Å². The summed E-state index contributed by atoms with van der Waals surface area (Å²) in [5.74, 6) is 0.187. The zero-order valence-electron chi connectivity index (χ0n) is 12.4. The molecule has 0 aliphatic rings. The first-order valence-corrected chi connectivity index (χ1v) is 7.02. The molecule has 0 atom stereocenters. The first-order valence-electron chi connectivity index (χ1n) is 7.02. The monoisotopic (exact) mass is 351 g/mol. The maximum Gasteiger partial charge on any atom is 0.141 e. The van der Waals surface area contributed by atoms with Crippen LogP contribution in [0.1, 0.15) is 0 Å². The van der Waals surface area contributed by atoms with Gasteiger partial charge in [-0.25, -0.2) is 4.68 Å². The Morgan fingerprint density at radius 1 is 0.826 bits per heavy atom. The zero-order chi connectivity index (χ0) is 14.9. The van der Waals surface area contributed by atoms with Crippen LogP contribution in [-0.2, 0) is 19.5 Å².